The number of ether oxygens (including phenoxy) is 1. The average molecular weight is 432 g/mol. The average Bonchev–Trinajstić information content (AvgIpc) is 3.23. The van der Waals surface area contributed by atoms with Crippen LogP contribution < -0.4 is 11.2 Å². The molecule has 0 N–H and O–H groups in total. The molecule has 4 aromatic rings. The lowest BCUT2D eigenvalue weighted by molar-refractivity contribution is -0.146. The number of aromatic nitrogens is 4. The van der Waals surface area contributed by atoms with Crippen molar-refractivity contribution in [3.63, 3.8) is 0 Å². The molecule has 1 atom stereocenters. The van der Waals surface area contributed by atoms with Gasteiger partial charge in [0.25, 0.3) is 5.56 Å². The van der Waals surface area contributed by atoms with E-state index in [2.05, 4.69) is 4.98 Å². The van der Waals surface area contributed by atoms with Gasteiger partial charge in [-0.3, -0.25) is 9.36 Å². The summed E-state index contributed by atoms with van der Waals surface area (Å²) in [6, 6.07) is 15.9. The number of fused-ring (bicyclic) bond motifs is 1. The summed E-state index contributed by atoms with van der Waals surface area (Å²) in [6.07, 6.45) is 1.41. The molecule has 0 unspecified atom stereocenters. The van der Waals surface area contributed by atoms with Gasteiger partial charge in [0.2, 0.25) is 0 Å². The molecule has 0 saturated carbocycles. The molecule has 8 heteroatoms. The molecule has 0 aliphatic carbocycles. The number of benzene rings is 2. The Bertz CT molecular complexity index is 1380. The molecule has 4 rings (SSSR count). The van der Waals surface area contributed by atoms with Crippen LogP contribution >= 0.6 is 0 Å². The van der Waals surface area contributed by atoms with Gasteiger partial charge in [-0.15, -0.1) is 0 Å². The summed E-state index contributed by atoms with van der Waals surface area (Å²) >= 11 is 0. The first-order valence-electron chi connectivity index (χ1n) is 10.4. The van der Waals surface area contributed by atoms with Crippen molar-refractivity contribution < 1.29 is 9.53 Å². The van der Waals surface area contributed by atoms with E-state index in [0.29, 0.717) is 5.69 Å². The quantitative estimate of drug-likeness (QED) is 0.437. The van der Waals surface area contributed by atoms with Gasteiger partial charge in [-0.1, -0.05) is 48.0 Å². The maximum Gasteiger partial charge on any atom is 0.337 e. The number of carbonyl (C=O) groups is 1. The van der Waals surface area contributed by atoms with E-state index >= 15 is 0 Å². The fourth-order valence-electron chi connectivity index (χ4n) is 3.65. The third kappa shape index (κ3) is 3.75. The Morgan fingerprint density at radius 3 is 2.41 bits per heavy atom. The van der Waals surface area contributed by atoms with E-state index in [1.54, 1.807) is 26.0 Å². The highest BCUT2D eigenvalue weighted by Gasteiger charge is 2.24. The molecule has 2 aromatic heterocycles. The summed E-state index contributed by atoms with van der Waals surface area (Å²) in [5.74, 6) is -0.478. The van der Waals surface area contributed by atoms with Crippen LogP contribution in [0.15, 0.2) is 70.5 Å². The molecule has 0 radical (unpaired) electrons. The van der Waals surface area contributed by atoms with Crippen molar-refractivity contribution in [2.75, 3.05) is 6.61 Å². The second kappa shape index (κ2) is 8.66. The van der Waals surface area contributed by atoms with E-state index < -0.39 is 23.3 Å². The molecule has 0 aliphatic heterocycles. The van der Waals surface area contributed by atoms with Crippen molar-refractivity contribution in [1.29, 1.82) is 0 Å². The van der Waals surface area contributed by atoms with Crippen LogP contribution in [-0.4, -0.2) is 31.3 Å². The van der Waals surface area contributed by atoms with Gasteiger partial charge in [0.1, 0.15) is 6.04 Å². The van der Waals surface area contributed by atoms with E-state index in [4.69, 9.17) is 4.74 Å². The summed E-state index contributed by atoms with van der Waals surface area (Å²) in [6.45, 7) is 5.63. The van der Waals surface area contributed by atoms with Gasteiger partial charge in [0, 0.05) is 0 Å². The summed E-state index contributed by atoms with van der Waals surface area (Å²) in [5.41, 5.74) is 1.80. The minimum atomic E-state index is -0.776. The number of hydrogen-bond donors (Lipinski definition) is 0. The van der Waals surface area contributed by atoms with Gasteiger partial charge in [-0.05, 0) is 38.5 Å². The van der Waals surface area contributed by atoms with E-state index in [1.807, 2.05) is 49.4 Å². The van der Waals surface area contributed by atoms with Crippen LogP contribution in [0.25, 0.3) is 16.9 Å². The maximum absolute atomic E-state index is 13.5. The van der Waals surface area contributed by atoms with Crippen molar-refractivity contribution in [3.8, 4) is 5.69 Å². The highest BCUT2D eigenvalue weighted by molar-refractivity contribution is 5.79. The van der Waals surface area contributed by atoms with Crippen molar-refractivity contribution in [3.05, 3.63) is 92.9 Å². The number of hydrogen-bond acceptors (Lipinski definition) is 5. The lowest BCUT2D eigenvalue weighted by Gasteiger charge is -2.15. The molecule has 0 saturated heterocycles. The zero-order chi connectivity index (χ0) is 22.8. The van der Waals surface area contributed by atoms with Crippen molar-refractivity contribution >= 4 is 17.1 Å². The molecule has 2 heterocycles. The van der Waals surface area contributed by atoms with Crippen LogP contribution in [0.3, 0.4) is 0 Å². The predicted octanol–water partition coefficient (Wildman–Crippen LogP) is 2.83. The zero-order valence-electron chi connectivity index (χ0n) is 18.2. The predicted molar refractivity (Wildman–Crippen MR) is 121 cm³/mol. The number of aryl methyl sites for hydroxylation is 1. The lowest BCUT2D eigenvalue weighted by Crippen LogP contribution is -2.40. The van der Waals surface area contributed by atoms with E-state index in [1.165, 1.54) is 20.0 Å². The second-order valence-electron chi connectivity index (χ2n) is 7.58. The molecule has 0 bridgehead atoms. The monoisotopic (exact) mass is 432 g/mol. The Morgan fingerprint density at radius 2 is 1.75 bits per heavy atom. The number of nitrogens with zero attached hydrogens (tertiary/aromatic N) is 4. The molecule has 164 valence electrons. The molecule has 8 nitrogen and oxygen atoms in total. The van der Waals surface area contributed by atoms with Crippen LogP contribution in [0.4, 0.5) is 0 Å². The Balaban J connectivity index is 2.01. The molecule has 0 aliphatic rings. The topological polar surface area (TPSA) is 88.1 Å². The molecular formula is C24H24N4O4. The van der Waals surface area contributed by atoms with Crippen molar-refractivity contribution in [2.45, 2.75) is 33.4 Å². The summed E-state index contributed by atoms with van der Waals surface area (Å²) in [7, 11) is 0. The molecule has 32 heavy (non-hydrogen) atoms. The zero-order valence-corrected chi connectivity index (χ0v) is 18.2. The smallest absolute Gasteiger partial charge is 0.337 e. The SMILES string of the molecule is CCOC(=O)[C@@H](C)n1cnc2c1c(=O)n(Cc1ccccc1)c(=O)n2-c1ccc(C)cc1. The molecule has 0 amide bonds. The summed E-state index contributed by atoms with van der Waals surface area (Å²) in [4.78, 5) is 43.7. The molecule has 2 aromatic carbocycles. The Labute approximate surface area is 184 Å². The minimum absolute atomic E-state index is 0.0965. The second-order valence-corrected chi connectivity index (χ2v) is 7.58. The number of carbonyl (C=O) groups excluding carboxylic acids is 1. The first-order chi connectivity index (χ1) is 15.4. The summed E-state index contributed by atoms with van der Waals surface area (Å²) in [5, 5.41) is 0. The minimum Gasteiger partial charge on any atom is -0.464 e. The Morgan fingerprint density at radius 1 is 1.06 bits per heavy atom. The van der Waals surface area contributed by atoms with Gasteiger partial charge in [0.05, 0.1) is 25.2 Å². The fourth-order valence-corrected chi connectivity index (χ4v) is 3.65. The van der Waals surface area contributed by atoms with Crippen LogP contribution in [-0.2, 0) is 16.1 Å². The van der Waals surface area contributed by atoms with Gasteiger partial charge in [-0.25, -0.2) is 19.1 Å². The maximum atomic E-state index is 13.5. The Kier molecular flexibility index (Phi) is 5.77. The van der Waals surface area contributed by atoms with Crippen LogP contribution in [0.2, 0.25) is 0 Å². The van der Waals surface area contributed by atoms with Gasteiger partial charge in [0.15, 0.2) is 11.2 Å². The number of esters is 1. The van der Waals surface area contributed by atoms with Crippen LogP contribution in [0.5, 0.6) is 0 Å². The largest absolute Gasteiger partial charge is 0.464 e. The third-order valence-electron chi connectivity index (χ3n) is 5.38. The third-order valence-corrected chi connectivity index (χ3v) is 5.38. The van der Waals surface area contributed by atoms with Crippen LogP contribution in [0.1, 0.15) is 31.0 Å². The normalized spacial score (nSPS) is 12.1. The van der Waals surface area contributed by atoms with Crippen molar-refractivity contribution in [1.82, 2.24) is 18.7 Å². The van der Waals surface area contributed by atoms with Gasteiger partial charge in [-0.2, -0.15) is 0 Å². The first-order valence-corrected chi connectivity index (χ1v) is 10.4. The number of imidazole rings is 1. The molecule has 0 fully saturated rings. The highest BCUT2D eigenvalue weighted by Crippen LogP contribution is 2.18. The van der Waals surface area contributed by atoms with Crippen molar-refractivity contribution in [2.24, 2.45) is 0 Å². The standard InChI is InChI=1S/C24H24N4O4/c1-4-32-23(30)17(3)27-15-25-21-20(27)22(29)26(14-18-8-6-5-7-9-18)24(31)28(21)19-12-10-16(2)11-13-19/h5-13,15,17H,4,14H2,1-3H3/t17-/m1/s1. The summed E-state index contributed by atoms with van der Waals surface area (Å²) < 4.78 is 9.19. The molecular weight excluding hydrogens is 408 g/mol. The van der Waals surface area contributed by atoms with E-state index in [0.717, 1.165) is 11.1 Å². The number of rotatable bonds is 6. The lowest BCUT2D eigenvalue weighted by atomic mass is 10.2. The fraction of sp³-hybridized carbons (Fsp3) is 0.250. The van der Waals surface area contributed by atoms with E-state index in [-0.39, 0.29) is 24.3 Å². The van der Waals surface area contributed by atoms with Gasteiger partial charge >= 0.3 is 11.7 Å². The highest BCUT2D eigenvalue weighted by atomic mass is 16.5. The van der Waals surface area contributed by atoms with Crippen LogP contribution in [0, 0.1) is 6.92 Å². The van der Waals surface area contributed by atoms with Gasteiger partial charge < -0.3 is 9.30 Å². The van der Waals surface area contributed by atoms with E-state index in [9.17, 15) is 14.4 Å². The molecule has 0 spiro atoms. The Hall–Kier alpha value is -3.94. The first kappa shape index (κ1) is 21.3.